The second-order valence-electron chi connectivity index (χ2n) is 8.89. The monoisotopic (exact) mass is 434 g/mol. The summed E-state index contributed by atoms with van der Waals surface area (Å²) in [6, 6.07) is 5.35. The summed E-state index contributed by atoms with van der Waals surface area (Å²) in [5, 5.41) is 12.2. The molecule has 2 aromatic rings. The Morgan fingerprint density at radius 3 is 2.32 bits per heavy atom. The number of ether oxygens (including phenoxy) is 1. The maximum atomic E-state index is 12.7. The Morgan fingerprint density at radius 2 is 1.74 bits per heavy atom. The van der Waals surface area contributed by atoms with Crippen LogP contribution >= 0.6 is 0 Å². The van der Waals surface area contributed by atoms with Crippen molar-refractivity contribution in [3.05, 3.63) is 41.7 Å². The van der Waals surface area contributed by atoms with Gasteiger partial charge >= 0.3 is 6.61 Å². The topological polar surface area (TPSA) is 96.1 Å². The molecule has 1 aliphatic rings. The number of carbonyl (C=O) groups excluding carboxylic acids is 2. The number of hydrogen-bond acceptors (Lipinski definition) is 4. The van der Waals surface area contributed by atoms with Gasteiger partial charge < -0.3 is 15.4 Å². The number of benzene rings is 1. The fraction of sp³-hybridized carbons (Fsp3) is 0.500. The Kier molecular flexibility index (Phi) is 6.92. The molecule has 7 nitrogen and oxygen atoms in total. The van der Waals surface area contributed by atoms with Crippen LogP contribution in [-0.4, -0.2) is 34.7 Å². The lowest BCUT2D eigenvalue weighted by Gasteiger charge is -2.37. The number of carbonyl (C=O) groups is 2. The van der Waals surface area contributed by atoms with Crippen molar-refractivity contribution in [2.45, 2.75) is 59.1 Å². The van der Waals surface area contributed by atoms with Gasteiger partial charge in [0.15, 0.2) is 5.69 Å². The van der Waals surface area contributed by atoms with E-state index in [2.05, 4.69) is 46.3 Å². The summed E-state index contributed by atoms with van der Waals surface area (Å²) in [6.45, 7) is 3.80. The van der Waals surface area contributed by atoms with Crippen LogP contribution in [0.3, 0.4) is 0 Å². The van der Waals surface area contributed by atoms with Gasteiger partial charge in [0.05, 0.1) is 5.69 Å². The highest BCUT2D eigenvalue weighted by Crippen LogP contribution is 2.37. The van der Waals surface area contributed by atoms with Crippen molar-refractivity contribution in [2.75, 3.05) is 5.32 Å². The number of rotatable bonds is 6. The van der Waals surface area contributed by atoms with Gasteiger partial charge in [-0.3, -0.25) is 14.7 Å². The number of hydrogen-bond donors (Lipinski definition) is 3. The van der Waals surface area contributed by atoms with Gasteiger partial charge in [-0.25, -0.2) is 0 Å². The van der Waals surface area contributed by atoms with E-state index in [1.54, 1.807) is 0 Å². The predicted octanol–water partition coefficient (Wildman–Crippen LogP) is 4.60. The van der Waals surface area contributed by atoms with Crippen molar-refractivity contribution >= 4 is 17.5 Å². The van der Waals surface area contributed by atoms with Crippen molar-refractivity contribution in [2.24, 2.45) is 11.3 Å². The minimum Gasteiger partial charge on any atom is -0.435 e. The summed E-state index contributed by atoms with van der Waals surface area (Å²) in [7, 11) is 0. The van der Waals surface area contributed by atoms with Crippen LogP contribution in [0.4, 0.5) is 14.5 Å². The van der Waals surface area contributed by atoms with E-state index < -0.39 is 12.5 Å². The molecule has 2 amide bonds. The molecular weight excluding hydrogens is 406 g/mol. The summed E-state index contributed by atoms with van der Waals surface area (Å²) in [5.74, 6) is -0.254. The lowest BCUT2D eigenvalue weighted by molar-refractivity contribution is -0.0498. The van der Waals surface area contributed by atoms with Crippen molar-refractivity contribution in [1.29, 1.82) is 0 Å². The molecule has 0 radical (unpaired) electrons. The molecule has 0 aliphatic heterocycles. The van der Waals surface area contributed by atoms with E-state index >= 15 is 0 Å². The smallest absolute Gasteiger partial charge is 0.387 e. The van der Waals surface area contributed by atoms with Gasteiger partial charge in [0, 0.05) is 17.8 Å². The Bertz CT molecular complexity index is 898. The quantitative estimate of drug-likeness (QED) is 0.619. The first-order chi connectivity index (χ1) is 14.6. The highest BCUT2D eigenvalue weighted by atomic mass is 19.3. The number of H-pyrrole nitrogens is 1. The van der Waals surface area contributed by atoms with E-state index in [1.165, 1.54) is 30.5 Å². The van der Waals surface area contributed by atoms with Crippen LogP contribution in [0.2, 0.25) is 0 Å². The first-order valence-corrected chi connectivity index (χ1v) is 10.3. The Hall–Kier alpha value is -2.97. The van der Waals surface area contributed by atoms with Crippen LogP contribution in [0.1, 0.15) is 67.3 Å². The summed E-state index contributed by atoms with van der Waals surface area (Å²) >= 11 is 0. The Morgan fingerprint density at radius 1 is 1.10 bits per heavy atom. The third kappa shape index (κ3) is 6.02. The molecule has 1 aromatic heterocycles. The average molecular weight is 434 g/mol. The van der Waals surface area contributed by atoms with Crippen LogP contribution < -0.4 is 15.4 Å². The number of aromatic amines is 1. The van der Waals surface area contributed by atoms with E-state index in [-0.39, 0.29) is 40.1 Å². The summed E-state index contributed by atoms with van der Waals surface area (Å²) in [6.07, 6.45) is 5.37. The first kappa shape index (κ1) is 22.7. The molecule has 0 saturated heterocycles. The van der Waals surface area contributed by atoms with Crippen LogP contribution in [-0.2, 0) is 0 Å². The van der Waals surface area contributed by atoms with E-state index in [0.717, 1.165) is 25.7 Å². The molecule has 9 heteroatoms. The number of anilines is 1. The summed E-state index contributed by atoms with van der Waals surface area (Å²) in [5.41, 5.74) is 0.843. The predicted molar refractivity (Wildman–Crippen MR) is 112 cm³/mol. The highest BCUT2D eigenvalue weighted by Gasteiger charge is 2.31. The number of alkyl halides is 2. The first-order valence-electron chi connectivity index (χ1n) is 10.3. The SMILES string of the molecule is CC(C)(C)C1CCC(NC(=O)c2n[nH]cc2NC(=O)c2ccc(OC(F)F)cc2)CC1. The normalized spacial score (nSPS) is 19.2. The zero-order valence-electron chi connectivity index (χ0n) is 17.9. The molecule has 1 heterocycles. The van der Waals surface area contributed by atoms with Gasteiger partial charge in [0.1, 0.15) is 5.75 Å². The molecule has 3 rings (SSSR count). The van der Waals surface area contributed by atoms with Crippen molar-refractivity contribution in [3.63, 3.8) is 0 Å². The largest absolute Gasteiger partial charge is 0.435 e. The van der Waals surface area contributed by atoms with E-state index in [9.17, 15) is 18.4 Å². The molecule has 1 aromatic carbocycles. The zero-order chi connectivity index (χ0) is 22.6. The molecule has 3 N–H and O–H groups in total. The van der Waals surface area contributed by atoms with Gasteiger partial charge in [-0.15, -0.1) is 0 Å². The summed E-state index contributed by atoms with van der Waals surface area (Å²) in [4.78, 5) is 25.2. The lowest BCUT2D eigenvalue weighted by atomic mass is 9.71. The molecule has 0 atom stereocenters. The van der Waals surface area contributed by atoms with E-state index in [0.29, 0.717) is 5.92 Å². The number of amides is 2. The standard InChI is InChI=1S/C22H28F2N4O3/c1-22(2,3)14-6-8-15(9-7-14)26-20(30)18-17(12-25-28-18)27-19(29)13-4-10-16(11-5-13)31-21(23)24/h4-5,10-12,14-15,21H,6-9H2,1-3H3,(H,25,28)(H,26,30)(H,27,29). The fourth-order valence-corrected chi connectivity index (χ4v) is 3.90. The van der Waals surface area contributed by atoms with Crippen LogP contribution in [0.5, 0.6) is 5.75 Å². The van der Waals surface area contributed by atoms with Crippen LogP contribution in [0.15, 0.2) is 30.5 Å². The number of nitrogens with zero attached hydrogens (tertiary/aromatic N) is 1. The Labute approximate surface area is 179 Å². The molecule has 0 spiro atoms. The summed E-state index contributed by atoms with van der Waals surface area (Å²) < 4.78 is 28.8. The Balaban J connectivity index is 1.58. The van der Waals surface area contributed by atoms with E-state index in [1.807, 2.05) is 0 Å². The molecule has 0 unspecified atom stereocenters. The molecule has 31 heavy (non-hydrogen) atoms. The second-order valence-corrected chi connectivity index (χ2v) is 8.89. The molecule has 168 valence electrons. The van der Waals surface area contributed by atoms with Crippen molar-refractivity contribution < 1.29 is 23.1 Å². The van der Waals surface area contributed by atoms with Gasteiger partial charge in [0.25, 0.3) is 11.8 Å². The zero-order valence-corrected chi connectivity index (χ0v) is 17.9. The van der Waals surface area contributed by atoms with Crippen molar-refractivity contribution in [3.8, 4) is 5.75 Å². The average Bonchev–Trinajstić information content (AvgIpc) is 3.16. The molecular formula is C22H28F2N4O3. The van der Waals surface area contributed by atoms with Gasteiger partial charge in [-0.2, -0.15) is 13.9 Å². The van der Waals surface area contributed by atoms with Gasteiger partial charge in [0.2, 0.25) is 0 Å². The second kappa shape index (κ2) is 9.45. The highest BCUT2D eigenvalue weighted by molar-refractivity contribution is 6.08. The molecule has 0 bridgehead atoms. The van der Waals surface area contributed by atoms with Gasteiger partial charge in [-0.05, 0) is 61.3 Å². The van der Waals surface area contributed by atoms with Crippen molar-refractivity contribution in [1.82, 2.24) is 15.5 Å². The lowest BCUT2D eigenvalue weighted by Crippen LogP contribution is -2.39. The van der Waals surface area contributed by atoms with Gasteiger partial charge in [-0.1, -0.05) is 20.8 Å². The van der Waals surface area contributed by atoms with E-state index in [4.69, 9.17) is 0 Å². The molecule has 1 aliphatic carbocycles. The number of aromatic nitrogens is 2. The number of halogens is 2. The third-order valence-electron chi connectivity index (χ3n) is 5.73. The minimum atomic E-state index is -2.94. The van der Waals surface area contributed by atoms with Crippen LogP contribution in [0.25, 0.3) is 0 Å². The maximum Gasteiger partial charge on any atom is 0.387 e. The van der Waals surface area contributed by atoms with Crippen LogP contribution in [0, 0.1) is 11.3 Å². The molecule has 1 saturated carbocycles. The number of nitrogens with one attached hydrogen (secondary N) is 3. The third-order valence-corrected chi connectivity index (χ3v) is 5.73. The maximum absolute atomic E-state index is 12.7. The fourth-order valence-electron chi connectivity index (χ4n) is 3.90. The molecule has 1 fully saturated rings. The minimum absolute atomic E-state index is 0.0453.